The van der Waals surface area contributed by atoms with Crippen LogP contribution in [-0.2, 0) is 9.59 Å². The van der Waals surface area contributed by atoms with Crippen molar-refractivity contribution in [3.8, 4) is 0 Å². The van der Waals surface area contributed by atoms with Crippen LogP contribution >= 0.6 is 0 Å². The summed E-state index contributed by atoms with van der Waals surface area (Å²) in [5, 5.41) is 2.20. The molecule has 4 amide bonds. The molecule has 1 fully saturated rings. The van der Waals surface area contributed by atoms with Crippen molar-refractivity contribution in [2.24, 2.45) is 11.8 Å². The van der Waals surface area contributed by atoms with Gasteiger partial charge in [0.1, 0.15) is 5.92 Å². The lowest BCUT2D eigenvalue weighted by molar-refractivity contribution is -0.144. The molecule has 0 radical (unpaired) electrons. The number of hydrogen-bond donors (Lipinski definition) is 1. The highest BCUT2D eigenvalue weighted by Gasteiger charge is 2.41. The molecule has 1 aliphatic heterocycles. The Kier molecular flexibility index (Phi) is 3.44. The molecule has 0 bridgehead atoms. The molecule has 0 aromatic rings. The first-order valence-corrected chi connectivity index (χ1v) is 5.15. The van der Waals surface area contributed by atoms with E-state index in [-0.39, 0.29) is 11.8 Å². The monoisotopic (exact) mass is 212 g/mol. The SMILES string of the molecule is CCCN1C(=O)NC(=O)C(C(C)C)C1=O. The number of hydrogen-bond acceptors (Lipinski definition) is 3. The first kappa shape index (κ1) is 11.7. The summed E-state index contributed by atoms with van der Waals surface area (Å²) in [4.78, 5) is 35.7. The first-order valence-electron chi connectivity index (χ1n) is 5.15. The van der Waals surface area contributed by atoms with Gasteiger partial charge < -0.3 is 0 Å². The fourth-order valence-corrected chi connectivity index (χ4v) is 1.65. The van der Waals surface area contributed by atoms with E-state index in [1.807, 2.05) is 6.92 Å². The Morgan fingerprint density at radius 3 is 2.40 bits per heavy atom. The Hall–Kier alpha value is -1.39. The van der Waals surface area contributed by atoms with Crippen LogP contribution in [0.5, 0.6) is 0 Å². The average molecular weight is 212 g/mol. The Morgan fingerprint density at radius 2 is 1.93 bits per heavy atom. The molecule has 84 valence electrons. The topological polar surface area (TPSA) is 66.5 Å². The lowest BCUT2D eigenvalue weighted by Crippen LogP contribution is -2.59. The average Bonchev–Trinajstić information content (AvgIpc) is 2.11. The van der Waals surface area contributed by atoms with E-state index in [1.165, 1.54) is 0 Å². The molecule has 5 nitrogen and oxygen atoms in total. The Labute approximate surface area is 88.8 Å². The molecule has 5 heteroatoms. The van der Waals surface area contributed by atoms with Crippen LogP contribution in [0.1, 0.15) is 27.2 Å². The predicted molar refractivity (Wildman–Crippen MR) is 53.9 cm³/mol. The maximum absolute atomic E-state index is 11.8. The van der Waals surface area contributed by atoms with E-state index in [2.05, 4.69) is 5.32 Å². The van der Waals surface area contributed by atoms with Crippen molar-refractivity contribution in [3.63, 3.8) is 0 Å². The minimum atomic E-state index is -0.728. The maximum Gasteiger partial charge on any atom is 0.330 e. The molecule has 1 atom stereocenters. The number of imide groups is 2. The van der Waals surface area contributed by atoms with Gasteiger partial charge in [-0.25, -0.2) is 4.79 Å². The zero-order chi connectivity index (χ0) is 11.6. The van der Waals surface area contributed by atoms with Crippen LogP contribution in [-0.4, -0.2) is 29.3 Å². The number of amides is 4. The van der Waals surface area contributed by atoms with Crippen molar-refractivity contribution in [1.29, 1.82) is 0 Å². The van der Waals surface area contributed by atoms with Gasteiger partial charge in [0.25, 0.3) is 0 Å². The summed E-state index contributed by atoms with van der Waals surface area (Å²) < 4.78 is 0. The molecule has 1 saturated heterocycles. The molecular weight excluding hydrogens is 196 g/mol. The zero-order valence-corrected chi connectivity index (χ0v) is 9.24. The highest BCUT2D eigenvalue weighted by atomic mass is 16.2. The second kappa shape index (κ2) is 4.42. The standard InChI is InChI=1S/C10H16N2O3/c1-4-5-12-9(14)7(6(2)3)8(13)11-10(12)15/h6-7H,4-5H2,1-3H3,(H,11,13,15). The van der Waals surface area contributed by atoms with Crippen molar-refractivity contribution in [2.45, 2.75) is 27.2 Å². The highest BCUT2D eigenvalue weighted by molar-refractivity contribution is 6.16. The van der Waals surface area contributed by atoms with Gasteiger partial charge in [0, 0.05) is 6.54 Å². The van der Waals surface area contributed by atoms with Crippen LogP contribution in [0.2, 0.25) is 0 Å². The summed E-state index contributed by atoms with van der Waals surface area (Å²) in [5.74, 6) is -1.67. The maximum atomic E-state index is 11.8. The van der Waals surface area contributed by atoms with Crippen LogP contribution in [0.3, 0.4) is 0 Å². The Morgan fingerprint density at radius 1 is 1.33 bits per heavy atom. The van der Waals surface area contributed by atoms with Crippen molar-refractivity contribution in [2.75, 3.05) is 6.54 Å². The van der Waals surface area contributed by atoms with Crippen molar-refractivity contribution in [1.82, 2.24) is 10.2 Å². The smallest absolute Gasteiger partial charge is 0.277 e. The number of carbonyl (C=O) groups excluding carboxylic acids is 3. The van der Waals surface area contributed by atoms with Gasteiger partial charge in [-0.2, -0.15) is 0 Å². The molecular formula is C10H16N2O3. The Bertz CT molecular complexity index is 299. The molecule has 0 saturated carbocycles. The zero-order valence-electron chi connectivity index (χ0n) is 9.24. The lowest BCUT2D eigenvalue weighted by atomic mass is 9.92. The molecule has 1 unspecified atom stereocenters. The lowest BCUT2D eigenvalue weighted by Gasteiger charge is -2.31. The third kappa shape index (κ3) is 2.16. The molecule has 1 aliphatic rings. The van der Waals surface area contributed by atoms with Crippen molar-refractivity contribution < 1.29 is 14.4 Å². The molecule has 1 rings (SSSR count). The van der Waals surface area contributed by atoms with E-state index in [4.69, 9.17) is 0 Å². The third-order valence-corrected chi connectivity index (χ3v) is 2.40. The molecule has 1 heterocycles. The van der Waals surface area contributed by atoms with E-state index in [0.717, 1.165) is 4.90 Å². The van der Waals surface area contributed by atoms with Gasteiger partial charge in [0.05, 0.1) is 0 Å². The number of rotatable bonds is 3. The molecule has 0 aromatic carbocycles. The van der Waals surface area contributed by atoms with Crippen LogP contribution in [0.25, 0.3) is 0 Å². The van der Waals surface area contributed by atoms with Gasteiger partial charge in [-0.3, -0.25) is 19.8 Å². The third-order valence-electron chi connectivity index (χ3n) is 2.40. The van der Waals surface area contributed by atoms with E-state index in [1.54, 1.807) is 13.8 Å². The largest absolute Gasteiger partial charge is 0.330 e. The summed E-state index contributed by atoms with van der Waals surface area (Å²) in [6, 6.07) is -0.594. The number of nitrogens with one attached hydrogen (secondary N) is 1. The quantitative estimate of drug-likeness (QED) is 0.702. The second-order valence-corrected chi connectivity index (χ2v) is 4.01. The summed E-state index contributed by atoms with van der Waals surface area (Å²) in [6.45, 7) is 5.83. The predicted octanol–water partition coefficient (Wildman–Crippen LogP) is 0.747. The molecule has 15 heavy (non-hydrogen) atoms. The van der Waals surface area contributed by atoms with E-state index in [0.29, 0.717) is 13.0 Å². The first-order chi connectivity index (χ1) is 6.99. The van der Waals surface area contributed by atoms with E-state index < -0.39 is 17.9 Å². The molecule has 0 aliphatic carbocycles. The number of carbonyl (C=O) groups is 3. The fraction of sp³-hybridized carbons (Fsp3) is 0.700. The van der Waals surface area contributed by atoms with Crippen LogP contribution in [0, 0.1) is 11.8 Å². The van der Waals surface area contributed by atoms with Crippen molar-refractivity contribution in [3.05, 3.63) is 0 Å². The minimum Gasteiger partial charge on any atom is -0.277 e. The highest BCUT2D eigenvalue weighted by Crippen LogP contribution is 2.18. The molecule has 0 aromatic heterocycles. The number of barbiturate groups is 1. The second-order valence-electron chi connectivity index (χ2n) is 4.01. The fourth-order valence-electron chi connectivity index (χ4n) is 1.65. The number of urea groups is 1. The van der Waals surface area contributed by atoms with E-state index in [9.17, 15) is 14.4 Å². The van der Waals surface area contributed by atoms with Gasteiger partial charge in [0.15, 0.2) is 0 Å². The van der Waals surface area contributed by atoms with Crippen LogP contribution < -0.4 is 5.32 Å². The number of nitrogens with zero attached hydrogens (tertiary/aromatic N) is 1. The molecule has 1 N–H and O–H groups in total. The van der Waals surface area contributed by atoms with Crippen LogP contribution in [0.15, 0.2) is 0 Å². The van der Waals surface area contributed by atoms with Gasteiger partial charge in [0.2, 0.25) is 11.8 Å². The Balaban J connectivity index is 2.89. The van der Waals surface area contributed by atoms with Gasteiger partial charge in [-0.05, 0) is 12.3 Å². The summed E-state index contributed by atoms with van der Waals surface area (Å²) in [5.41, 5.74) is 0. The molecule has 0 spiro atoms. The summed E-state index contributed by atoms with van der Waals surface area (Å²) >= 11 is 0. The minimum absolute atomic E-state index is 0.0926. The van der Waals surface area contributed by atoms with Gasteiger partial charge in [-0.15, -0.1) is 0 Å². The van der Waals surface area contributed by atoms with Crippen LogP contribution in [0.4, 0.5) is 4.79 Å². The van der Waals surface area contributed by atoms with Crippen molar-refractivity contribution >= 4 is 17.8 Å². The normalized spacial score (nSPS) is 22.3. The summed E-state index contributed by atoms with van der Waals surface area (Å²) in [7, 11) is 0. The van der Waals surface area contributed by atoms with E-state index >= 15 is 0 Å². The van der Waals surface area contributed by atoms with Gasteiger partial charge >= 0.3 is 6.03 Å². The van der Waals surface area contributed by atoms with Gasteiger partial charge in [-0.1, -0.05) is 20.8 Å². The summed E-state index contributed by atoms with van der Waals surface area (Å²) in [6.07, 6.45) is 0.693.